The summed E-state index contributed by atoms with van der Waals surface area (Å²) in [5, 5.41) is 31.8. The van der Waals surface area contributed by atoms with Gasteiger partial charge < -0.3 is 21.3 Å². The molecular weight excluding hydrogens is 226 g/mol. The number of rotatable bonds is 4. The largest absolute Gasteiger partial charge is 0.393 e. The maximum absolute atomic E-state index is 10.7. The number of nitrogens with zero attached hydrogens (tertiary/aromatic N) is 1. The number of nitrogens with two attached hydrogens (primary N) is 1. The molecule has 0 aliphatic heterocycles. The summed E-state index contributed by atoms with van der Waals surface area (Å²) in [6.07, 6.45) is -2.19. The van der Waals surface area contributed by atoms with Crippen molar-refractivity contribution in [3.05, 3.63) is 27.8 Å². The minimum Gasteiger partial charge on any atom is -0.393 e. The highest BCUT2D eigenvalue weighted by Crippen LogP contribution is 2.29. The zero-order valence-corrected chi connectivity index (χ0v) is 9.54. The van der Waals surface area contributed by atoms with E-state index >= 15 is 0 Å². The molecule has 2 unspecified atom stereocenters. The normalized spacial score (nSPS) is 14.1. The molecule has 0 aliphatic carbocycles. The van der Waals surface area contributed by atoms with Crippen LogP contribution in [-0.4, -0.2) is 27.5 Å². The molecule has 1 rings (SSSR count). The highest BCUT2D eigenvalue weighted by atomic mass is 16.6. The van der Waals surface area contributed by atoms with Crippen molar-refractivity contribution in [1.29, 1.82) is 0 Å². The number of hydrogen-bond donors (Lipinski definition) is 4. The Bertz CT molecular complexity index is 434. The Balaban J connectivity index is 3.08. The molecule has 0 aromatic heterocycles. The van der Waals surface area contributed by atoms with Gasteiger partial charge in [-0.2, -0.15) is 0 Å². The topological polar surface area (TPSA) is 122 Å². The lowest BCUT2D eigenvalue weighted by atomic mass is 10.1. The smallest absolute Gasteiger partial charge is 0.294 e. The van der Waals surface area contributed by atoms with E-state index in [0.29, 0.717) is 11.3 Å². The van der Waals surface area contributed by atoms with E-state index in [-0.39, 0.29) is 11.4 Å². The second kappa shape index (κ2) is 4.98. The molecule has 0 fully saturated rings. The maximum atomic E-state index is 10.7. The summed E-state index contributed by atoms with van der Waals surface area (Å²) in [5.41, 5.74) is 6.33. The molecule has 0 spiro atoms. The van der Waals surface area contributed by atoms with Gasteiger partial charge in [0.15, 0.2) is 0 Å². The lowest BCUT2D eigenvalue weighted by molar-refractivity contribution is -0.383. The van der Waals surface area contributed by atoms with Crippen molar-refractivity contribution >= 4 is 17.1 Å². The number of nitrogen functional groups attached to an aromatic ring is 1. The number of anilines is 2. The van der Waals surface area contributed by atoms with Gasteiger partial charge in [0.25, 0.3) is 5.69 Å². The highest BCUT2D eigenvalue weighted by Gasteiger charge is 2.17. The molecule has 0 heterocycles. The summed E-state index contributed by atoms with van der Waals surface area (Å²) in [4.78, 5) is 10.1. The third kappa shape index (κ3) is 3.05. The summed E-state index contributed by atoms with van der Waals surface area (Å²) in [6, 6.07) is 2.67. The van der Waals surface area contributed by atoms with Crippen LogP contribution in [0.5, 0.6) is 0 Å². The second-order valence-electron chi connectivity index (χ2n) is 3.81. The van der Waals surface area contributed by atoms with Crippen LogP contribution in [0, 0.1) is 17.0 Å². The van der Waals surface area contributed by atoms with Gasteiger partial charge in [-0.3, -0.25) is 10.1 Å². The number of aliphatic hydroxyl groups excluding tert-OH is 2. The van der Waals surface area contributed by atoms with Gasteiger partial charge >= 0.3 is 0 Å². The van der Waals surface area contributed by atoms with Crippen LogP contribution in [0.15, 0.2) is 12.1 Å². The summed E-state index contributed by atoms with van der Waals surface area (Å²) in [5.74, 6) is 0. The Kier molecular flexibility index (Phi) is 3.87. The van der Waals surface area contributed by atoms with E-state index in [1.165, 1.54) is 19.1 Å². The zero-order chi connectivity index (χ0) is 13.2. The molecule has 17 heavy (non-hydrogen) atoms. The molecule has 0 saturated heterocycles. The van der Waals surface area contributed by atoms with Gasteiger partial charge in [0.05, 0.1) is 11.0 Å². The molecule has 0 bridgehead atoms. The quantitative estimate of drug-likeness (QED) is 0.265. The minimum absolute atomic E-state index is 0.0598. The fraction of sp³-hybridized carbons (Fsp3) is 0.400. The van der Waals surface area contributed by atoms with Gasteiger partial charge in [-0.25, -0.2) is 0 Å². The Morgan fingerprint density at radius 2 is 2.06 bits per heavy atom. The predicted molar refractivity (Wildman–Crippen MR) is 63.6 cm³/mol. The Morgan fingerprint density at radius 3 is 2.53 bits per heavy atom. The predicted octanol–water partition coefficient (Wildman–Crippen LogP) is 0.597. The monoisotopic (exact) mass is 241 g/mol. The molecule has 2 atom stereocenters. The van der Waals surface area contributed by atoms with E-state index in [1.54, 1.807) is 6.92 Å². The molecule has 7 heteroatoms. The molecule has 94 valence electrons. The van der Waals surface area contributed by atoms with Gasteiger partial charge in [-0.05, 0) is 25.5 Å². The molecule has 0 radical (unpaired) electrons. The van der Waals surface area contributed by atoms with Crippen LogP contribution in [-0.2, 0) is 0 Å². The first-order valence-electron chi connectivity index (χ1n) is 5.00. The van der Waals surface area contributed by atoms with Crippen molar-refractivity contribution in [2.24, 2.45) is 0 Å². The van der Waals surface area contributed by atoms with E-state index < -0.39 is 17.3 Å². The molecule has 0 aliphatic rings. The van der Waals surface area contributed by atoms with Gasteiger partial charge in [-0.15, -0.1) is 0 Å². The average molecular weight is 241 g/mol. The van der Waals surface area contributed by atoms with E-state index in [4.69, 9.17) is 10.8 Å². The maximum Gasteiger partial charge on any atom is 0.294 e. The summed E-state index contributed by atoms with van der Waals surface area (Å²) in [6.45, 7) is 3.09. The number of nitro benzene ring substituents is 1. The van der Waals surface area contributed by atoms with Gasteiger partial charge in [0.1, 0.15) is 11.9 Å². The second-order valence-corrected chi connectivity index (χ2v) is 3.81. The van der Waals surface area contributed by atoms with Crippen LogP contribution >= 0.6 is 0 Å². The zero-order valence-electron chi connectivity index (χ0n) is 9.54. The first-order valence-corrected chi connectivity index (χ1v) is 5.00. The van der Waals surface area contributed by atoms with Crippen LogP contribution in [0.25, 0.3) is 0 Å². The van der Waals surface area contributed by atoms with Crippen molar-refractivity contribution in [2.75, 3.05) is 11.1 Å². The van der Waals surface area contributed by atoms with E-state index in [2.05, 4.69) is 5.32 Å². The van der Waals surface area contributed by atoms with Gasteiger partial charge in [0.2, 0.25) is 0 Å². The van der Waals surface area contributed by atoms with E-state index in [0.717, 1.165) is 0 Å². The Labute approximate surface area is 98.0 Å². The number of aliphatic hydroxyl groups is 2. The summed E-state index contributed by atoms with van der Waals surface area (Å²) in [7, 11) is 0. The van der Waals surface area contributed by atoms with Crippen LogP contribution in [0.1, 0.15) is 12.5 Å². The molecule has 7 nitrogen and oxygen atoms in total. The lowest BCUT2D eigenvalue weighted by Gasteiger charge is -2.18. The van der Waals surface area contributed by atoms with Gasteiger partial charge in [0, 0.05) is 11.8 Å². The SMILES string of the molecule is Cc1cc(N)c([N+](=O)[O-])cc1NC(O)C(C)O. The molecule has 1 aromatic carbocycles. The van der Waals surface area contributed by atoms with E-state index in [9.17, 15) is 15.2 Å². The van der Waals surface area contributed by atoms with Crippen molar-refractivity contribution in [3.8, 4) is 0 Å². The molecule has 5 N–H and O–H groups in total. The first kappa shape index (κ1) is 13.2. The minimum atomic E-state index is -1.20. The molecule has 1 aromatic rings. The fourth-order valence-corrected chi connectivity index (χ4v) is 1.31. The fourth-order valence-electron chi connectivity index (χ4n) is 1.31. The Hall–Kier alpha value is -1.86. The lowest BCUT2D eigenvalue weighted by Crippen LogP contribution is -2.31. The number of hydrogen-bond acceptors (Lipinski definition) is 6. The Morgan fingerprint density at radius 1 is 1.47 bits per heavy atom. The molecular formula is C10H15N3O4. The van der Waals surface area contributed by atoms with Crippen LogP contribution in [0.3, 0.4) is 0 Å². The number of nitro groups is 1. The first-order chi connectivity index (χ1) is 7.82. The van der Waals surface area contributed by atoms with Crippen LogP contribution < -0.4 is 11.1 Å². The van der Waals surface area contributed by atoms with Crippen LogP contribution in [0.4, 0.5) is 17.1 Å². The average Bonchev–Trinajstić information content (AvgIpc) is 2.21. The number of benzene rings is 1. The van der Waals surface area contributed by atoms with Crippen molar-refractivity contribution < 1.29 is 15.1 Å². The van der Waals surface area contributed by atoms with Crippen molar-refractivity contribution in [3.63, 3.8) is 0 Å². The molecule has 0 saturated carbocycles. The van der Waals surface area contributed by atoms with Gasteiger partial charge in [-0.1, -0.05) is 0 Å². The van der Waals surface area contributed by atoms with E-state index in [1.807, 2.05) is 0 Å². The van der Waals surface area contributed by atoms with Crippen molar-refractivity contribution in [2.45, 2.75) is 26.2 Å². The summed E-state index contributed by atoms with van der Waals surface area (Å²) < 4.78 is 0. The van der Waals surface area contributed by atoms with Crippen LogP contribution in [0.2, 0.25) is 0 Å². The number of nitrogens with one attached hydrogen (secondary N) is 1. The standard InChI is InChI=1S/C10H15N3O4/c1-5-3-7(11)9(13(16)17)4-8(5)12-10(15)6(2)14/h3-4,6,10,12,14-15H,11H2,1-2H3. The third-order valence-corrected chi connectivity index (χ3v) is 2.33. The summed E-state index contributed by atoms with van der Waals surface area (Å²) >= 11 is 0. The number of aryl methyl sites for hydroxylation is 1. The highest BCUT2D eigenvalue weighted by molar-refractivity contribution is 5.69. The molecule has 0 amide bonds. The van der Waals surface area contributed by atoms with Crippen molar-refractivity contribution in [1.82, 2.24) is 0 Å². The third-order valence-electron chi connectivity index (χ3n) is 2.33.